The predicted molar refractivity (Wildman–Crippen MR) is 94.5 cm³/mol. The number of piperidine rings is 1. The molecule has 23 heavy (non-hydrogen) atoms. The molecule has 2 aliphatic heterocycles. The van der Waals surface area contributed by atoms with Gasteiger partial charge in [0, 0.05) is 18.6 Å². The average molecular weight is 368 g/mol. The van der Waals surface area contributed by atoms with E-state index in [-0.39, 0.29) is 41.9 Å². The van der Waals surface area contributed by atoms with Crippen LogP contribution < -0.4 is 5.73 Å². The summed E-state index contributed by atoms with van der Waals surface area (Å²) >= 11 is 0. The maximum Gasteiger partial charge on any atom is 0.237 e. The Hall–Kier alpha value is -0.370. The lowest BCUT2D eigenvalue weighted by atomic mass is 9.91. The first-order valence-electron chi connectivity index (χ1n) is 8.30. The van der Waals surface area contributed by atoms with E-state index in [4.69, 9.17) is 5.73 Å². The normalized spacial score (nSPS) is 26.5. The Morgan fingerprint density at radius 2 is 1.91 bits per heavy atom. The third kappa shape index (κ3) is 5.59. The van der Waals surface area contributed by atoms with Crippen LogP contribution >= 0.6 is 12.4 Å². The Bertz CT molecular complexity index is 490. The largest absolute Gasteiger partial charge is 0.338 e. The molecule has 2 saturated heterocycles. The Kier molecular flexibility index (Phi) is 7.77. The minimum absolute atomic E-state index is 0. The van der Waals surface area contributed by atoms with Crippen molar-refractivity contribution in [3.63, 3.8) is 0 Å². The first-order valence-corrected chi connectivity index (χ1v) is 10.1. The minimum atomic E-state index is -2.96. The second-order valence-corrected chi connectivity index (χ2v) is 8.94. The molecule has 8 heteroatoms. The number of hydrogen-bond acceptors (Lipinski definition) is 5. The van der Waals surface area contributed by atoms with Crippen LogP contribution in [-0.4, -0.2) is 73.9 Å². The fourth-order valence-corrected chi connectivity index (χ4v) is 5.31. The van der Waals surface area contributed by atoms with Crippen LogP contribution in [0, 0.1) is 5.92 Å². The van der Waals surface area contributed by atoms with Crippen molar-refractivity contribution in [3.05, 3.63) is 0 Å². The monoisotopic (exact) mass is 367 g/mol. The maximum atomic E-state index is 12.5. The molecule has 2 N–H and O–H groups in total. The van der Waals surface area contributed by atoms with Gasteiger partial charge in [0.2, 0.25) is 5.91 Å². The molecule has 1 amide bonds. The molecule has 0 bridgehead atoms. The van der Waals surface area contributed by atoms with Crippen molar-refractivity contribution < 1.29 is 13.2 Å². The van der Waals surface area contributed by atoms with Gasteiger partial charge in [0.1, 0.15) is 0 Å². The van der Waals surface area contributed by atoms with Crippen LogP contribution in [-0.2, 0) is 14.6 Å². The number of nitrogens with two attached hydrogens (primary N) is 1. The molecule has 2 rings (SSSR count). The van der Waals surface area contributed by atoms with Crippen LogP contribution in [0.25, 0.3) is 0 Å². The van der Waals surface area contributed by atoms with E-state index in [0.717, 1.165) is 25.9 Å². The van der Waals surface area contributed by atoms with E-state index in [1.165, 1.54) is 0 Å². The number of likely N-dealkylation sites (N-methyl/N-ethyl adjacent to an activating group) is 1. The molecular weight excluding hydrogens is 338 g/mol. The molecule has 2 unspecified atom stereocenters. The van der Waals surface area contributed by atoms with Crippen LogP contribution in [0.1, 0.15) is 33.1 Å². The number of carbonyl (C=O) groups excluding carboxylic acids is 1. The van der Waals surface area contributed by atoms with Gasteiger partial charge in [0.25, 0.3) is 0 Å². The summed E-state index contributed by atoms with van der Waals surface area (Å²) in [4.78, 5) is 16.4. The SMILES string of the molecule is CCN(C(=O)CN1CCC(C(C)N)CC1)C1CCS(=O)(=O)C1.Cl. The Morgan fingerprint density at radius 3 is 2.35 bits per heavy atom. The number of rotatable bonds is 5. The fraction of sp³-hybridized carbons (Fsp3) is 0.933. The van der Waals surface area contributed by atoms with Crippen molar-refractivity contribution in [2.75, 3.05) is 37.7 Å². The van der Waals surface area contributed by atoms with Crippen molar-refractivity contribution in [1.82, 2.24) is 9.80 Å². The van der Waals surface area contributed by atoms with Gasteiger partial charge in [-0.05, 0) is 52.1 Å². The van der Waals surface area contributed by atoms with Gasteiger partial charge in [0.15, 0.2) is 9.84 Å². The highest BCUT2D eigenvalue weighted by Gasteiger charge is 2.34. The molecule has 0 radical (unpaired) electrons. The molecule has 0 aliphatic carbocycles. The number of nitrogens with zero attached hydrogens (tertiary/aromatic N) is 2. The van der Waals surface area contributed by atoms with Crippen LogP contribution in [0.4, 0.5) is 0 Å². The number of amides is 1. The second kappa shape index (κ2) is 8.65. The highest BCUT2D eigenvalue weighted by atomic mass is 35.5. The predicted octanol–water partition coefficient (Wildman–Crippen LogP) is 0.503. The van der Waals surface area contributed by atoms with E-state index in [0.29, 0.717) is 25.4 Å². The van der Waals surface area contributed by atoms with E-state index < -0.39 is 9.84 Å². The summed E-state index contributed by atoms with van der Waals surface area (Å²) in [6.07, 6.45) is 2.65. The third-order valence-electron chi connectivity index (χ3n) is 5.04. The lowest BCUT2D eigenvalue weighted by Gasteiger charge is -2.35. The first-order chi connectivity index (χ1) is 10.3. The lowest BCUT2D eigenvalue weighted by Crippen LogP contribution is -2.48. The third-order valence-corrected chi connectivity index (χ3v) is 6.80. The van der Waals surface area contributed by atoms with Gasteiger partial charge in [-0.25, -0.2) is 8.42 Å². The lowest BCUT2D eigenvalue weighted by molar-refractivity contribution is -0.134. The summed E-state index contributed by atoms with van der Waals surface area (Å²) in [5.41, 5.74) is 5.94. The molecule has 0 aromatic rings. The van der Waals surface area contributed by atoms with E-state index in [9.17, 15) is 13.2 Å². The topological polar surface area (TPSA) is 83.7 Å². The zero-order valence-corrected chi connectivity index (χ0v) is 15.7. The van der Waals surface area contributed by atoms with Gasteiger partial charge in [-0.2, -0.15) is 0 Å². The molecule has 2 atom stereocenters. The van der Waals surface area contributed by atoms with Crippen LogP contribution in [0.2, 0.25) is 0 Å². The minimum Gasteiger partial charge on any atom is -0.338 e. The van der Waals surface area contributed by atoms with Gasteiger partial charge >= 0.3 is 0 Å². The van der Waals surface area contributed by atoms with E-state index in [1.54, 1.807) is 4.90 Å². The number of carbonyl (C=O) groups is 1. The molecule has 0 aromatic carbocycles. The molecule has 136 valence electrons. The summed E-state index contributed by atoms with van der Waals surface area (Å²) in [6, 6.07) is 0.0813. The molecule has 2 heterocycles. The summed E-state index contributed by atoms with van der Waals surface area (Å²) in [6.45, 7) is 6.75. The Labute approximate surface area is 146 Å². The molecule has 0 aromatic heterocycles. The highest BCUT2D eigenvalue weighted by Crippen LogP contribution is 2.21. The average Bonchev–Trinajstić information content (AvgIpc) is 2.80. The summed E-state index contributed by atoms with van der Waals surface area (Å²) in [5, 5.41) is 0. The second-order valence-electron chi connectivity index (χ2n) is 6.71. The van der Waals surface area contributed by atoms with Crippen LogP contribution in [0.3, 0.4) is 0 Å². The molecule has 6 nitrogen and oxygen atoms in total. The standard InChI is InChI=1S/C15H29N3O3S.ClH/c1-3-18(14-6-9-22(20,21)11-14)15(19)10-17-7-4-13(5-8-17)12(2)16;/h12-14H,3-11,16H2,1-2H3;1H. The number of sulfone groups is 1. The number of likely N-dealkylation sites (tertiary alicyclic amines) is 1. The quantitative estimate of drug-likeness (QED) is 0.765. The summed E-state index contributed by atoms with van der Waals surface area (Å²) < 4.78 is 23.2. The molecular formula is C15H30ClN3O3S. The van der Waals surface area contributed by atoms with E-state index in [2.05, 4.69) is 4.90 Å². The van der Waals surface area contributed by atoms with Crippen molar-refractivity contribution >= 4 is 28.2 Å². The molecule has 2 fully saturated rings. The molecule has 2 aliphatic rings. The Balaban J connectivity index is 0.00000264. The molecule has 0 spiro atoms. The summed E-state index contributed by atoms with van der Waals surface area (Å²) in [5.74, 6) is 0.943. The number of halogens is 1. The van der Waals surface area contributed by atoms with Gasteiger partial charge < -0.3 is 10.6 Å². The zero-order chi connectivity index (χ0) is 16.3. The van der Waals surface area contributed by atoms with Crippen molar-refractivity contribution in [1.29, 1.82) is 0 Å². The van der Waals surface area contributed by atoms with Gasteiger partial charge in [-0.15, -0.1) is 12.4 Å². The fourth-order valence-electron chi connectivity index (χ4n) is 3.58. The van der Waals surface area contributed by atoms with Crippen LogP contribution in [0.15, 0.2) is 0 Å². The Morgan fingerprint density at radius 1 is 1.30 bits per heavy atom. The smallest absolute Gasteiger partial charge is 0.237 e. The van der Waals surface area contributed by atoms with Crippen molar-refractivity contribution in [2.45, 2.75) is 45.2 Å². The highest BCUT2D eigenvalue weighted by molar-refractivity contribution is 7.91. The van der Waals surface area contributed by atoms with E-state index >= 15 is 0 Å². The van der Waals surface area contributed by atoms with Crippen LogP contribution in [0.5, 0.6) is 0 Å². The maximum absolute atomic E-state index is 12.5. The van der Waals surface area contributed by atoms with Gasteiger partial charge in [-0.1, -0.05) is 0 Å². The van der Waals surface area contributed by atoms with Crippen molar-refractivity contribution in [3.8, 4) is 0 Å². The molecule has 0 saturated carbocycles. The van der Waals surface area contributed by atoms with Crippen molar-refractivity contribution in [2.24, 2.45) is 11.7 Å². The van der Waals surface area contributed by atoms with Gasteiger partial charge in [-0.3, -0.25) is 9.69 Å². The van der Waals surface area contributed by atoms with E-state index in [1.807, 2.05) is 13.8 Å². The summed E-state index contributed by atoms with van der Waals surface area (Å²) in [7, 11) is -2.96. The zero-order valence-electron chi connectivity index (χ0n) is 14.1. The first kappa shape index (κ1) is 20.7. The van der Waals surface area contributed by atoms with Gasteiger partial charge in [0.05, 0.1) is 18.1 Å². The number of hydrogen-bond donors (Lipinski definition) is 1.